The highest BCUT2D eigenvalue weighted by atomic mass is 16.5. The molecule has 0 aliphatic heterocycles. The summed E-state index contributed by atoms with van der Waals surface area (Å²) in [5, 5.41) is 2.70. The second-order valence-electron chi connectivity index (χ2n) is 6.20. The van der Waals surface area contributed by atoms with Crippen molar-refractivity contribution >= 4 is 18.0 Å². The van der Waals surface area contributed by atoms with Crippen LogP contribution in [-0.2, 0) is 14.3 Å². The maximum atomic E-state index is 11.7. The van der Waals surface area contributed by atoms with E-state index in [2.05, 4.69) is 5.32 Å². The van der Waals surface area contributed by atoms with Crippen LogP contribution in [0.4, 0.5) is 0 Å². The summed E-state index contributed by atoms with van der Waals surface area (Å²) >= 11 is 0. The zero-order chi connectivity index (χ0) is 19.0. The molecule has 0 radical (unpaired) electrons. The lowest BCUT2D eigenvalue weighted by molar-refractivity contribution is -0.144. The molecule has 1 aromatic carbocycles. The van der Waals surface area contributed by atoms with E-state index in [0.717, 1.165) is 0 Å². The van der Waals surface area contributed by atoms with Gasteiger partial charge in [-0.05, 0) is 44.5 Å². The van der Waals surface area contributed by atoms with Crippen molar-refractivity contribution in [2.24, 2.45) is 0 Å². The molecule has 0 atom stereocenters. The molecule has 0 fully saturated rings. The zero-order valence-electron chi connectivity index (χ0n) is 15.5. The first kappa shape index (κ1) is 20.3. The Morgan fingerprint density at radius 1 is 1.04 bits per heavy atom. The van der Waals surface area contributed by atoms with Crippen molar-refractivity contribution in [2.75, 3.05) is 27.9 Å². The Kier molecular flexibility index (Phi) is 7.29. The number of amides is 1. The molecule has 1 aromatic rings. The molecule has 0 saturated heterocycles. The van der Waals surface area contributed by atoms with Crippen molar-refractivity contribution in [1.82, 2.24) is 5.32 Å². The molecule has 0 saturated carbocycles. The van der Waals surface area contributed by atoms with Crippen LogP contribution in [0.5, 0.6) is 17.2 Å². The molecular weight excluding hydrogens is 326 g/mol. The Morgan fingerprint density at radius 2 is 1.60 bits per heavy atom. The fraction of sp³-hybridized carbons (Fsp3) is 0.444. The molecule has 138 valence electrons. The molecule has 0 bridgehead atoms. The number of methoxy groups -OCH3 is 3. The largest absolute Gasteiger partial charge is 0.493 e. The van der Waals surface area contributed by atoms with Crippen molar-refractivity contribution in [3.63, 3.8) is 0 Å². The summed E-state index contributed by atoms with van der Waals surface area (Å²) in [4.78, 5) is 23.4. The zero-order valence-corrected chi connectivity index (χ0v) is 15.5. The highest BCUT2D eigenvalue weighted by Gasteiger charge is 2.15. The van der Waals surface area contributed by atoms with Gasteiger partial charge in [-0.1, -0.05) is 0 Å². The summed E-state index contributed by atoms with van der Waals surface area (Å²) in [5.41, 5.74) is 0.279. The van der Waals surface area contributed by atoms with Gasteiger partial charge in [-0.25, -0.2) is 4.79 Å². The van der Waals surface area contributed by atoms with Crippen LogP contribution < -0.4 is 19.5 Å². The number of nitrogens with one attached hydrogen (secondary N) is 1. The minimum absolute atomic E-state index is 0.338. The van der Waals surface area contributed by atoms with Gasteiger partial charge >= 0.3 is 5.97 Å². The lowest BCUT2D eigenvalue weighted by atomic mass is 10.1. The van der Waals surface area contributed by atoms with Crippen LogP contribution in [0.1, 0.15) is 26.3 Å². The van der Waals surface area contributed by atoms with Gasteiger partial charge in [0.1, 0.15) is 0 Å². The van der Waals surface area contributed by atoms with E-state index in [0.29, 0.717) is 22.8 Å². The van der Waals surface area contributed by atoms with Crippen molar-refractivity contribution < 1.29 is 28.5 Å². The van der Waals surface area contributed by atoms with Gasteiger partial charge in [0.25, 0.3) is 5.91 Å². The monoisotopic (exact) mass is 351 g/mol. The van der Waals surface area contributed by atoms with E-state index < -0.39 is 5.97 Å². The maximum Gasteiger partial charge on any atom is 0.331 e. The van der Waals surface area contributed by atoms with Gasteiger partial charge in [0.2, 0.25) is 5.75 Å². The number of carbonyl (C=O) groups excluding carboxylic acids is 2. The molecular formula is C18H25NO6. The van der Waals surface area contributed by atoms with Crippen LogP contribution in [0.3, 0.4) is 0 Å². The topological polar surface area (TPSA) is 83.1 Å². The highest BCUT2D eigenvalue weighted by Crippen LogP contribution is 2.38. The number of hydrogen-bond donors (Lipinski definition) is 1. The first-order valence-electron chi connectivity index (χ1n) is 7.66. The number of benzene rings is 1. The smallest absolute Gasteiger partial charge is 0.331 e. The molecule has 1 amide bonds. The van der Waals surface area contributed by atoms with Crippen molar-refractivity contribution in [1.29, 1.82) is 0 Å². The molecule has 0 heterocycles. The number of hydrogen-bond acceptors (Lipinski definition) is 6. The fourth-order valence-corrected chi connectivity index (χ4v) is 2.00. The van der Waals surface area contributed by atoms with Gasteiger partial charge in [-0.15, -0.1) is 0 Å². The van der Waals surface area contributed by atoms with E-state index in [1.807, 2.05) is 20.8 Å². The molecule has 7 heteroatoms. The van der Waals surface area contributed by atoms with Crippen LogP contribution in [0, 0.1) is 0 Å². The minimum atomic E-state index is -0.627. The van der Waals surface area contributed by atoms with E-state index >= 15 is 0 Å². The average Bonchev–Trinajstić information content (AvgIpc) is 2.55. The Morgan fingerprint density at radius 3 is 2.04 bits per heavy atom. The Bertz CT molecular complexity index is 620. The first-order chi connectivity index (χ1) is 11.7. The number of ether oxygens (including phenoxy) is 4. The van der Waals surface area contributed by atoms with E-state index in [4.69, 9.17) is 18.9 Å². The quantitative estimate of drug-likeness (QED) is 0.599. The van der Waals surface area contributed by atoms with Crippen LogP contribution in [-0.4, -0.2) is 45.4 Å². The molecule has 0 aliphatic rings. The second kappa shape index (κ2) is 8.96. The van der Waals surface area contributed by atoms with Crippen molar-refractivity contribution in [2.45, 2.75) is 26.3 Å². The Labute approximate surface area is 147 Å². The van der Waals surface area contributed by atoms with E-state index in [1.165, 1.54) is 33.5 Å². The Hall–Kier alpha value is -2.70. The third-order valence-electron chi connectivity index (χ3n) is 2.96. The van der Waals surface area contributed by atoms with Gasteiger partial charge in [0.05, 0.1) is 21.3 Å². The van der Waals surface area contributed by atoms with Crippen LogP contribution in [0.2, 0.25) is 0 Å². The molecule has 0 aliphatic carbocycles. The minimum Gasteiger partial charge on any atom is -0.493 e. The normalized spacial score (nSPS) is 11.1. The summed E-state index contributed by atoms with van der Waals surface area (Å²) in [6.45, 7) is 5.20. The van der Waals surface area contributed by atoms with Gasteiger partial charge in [-0.2, -0.15) is 0 Å². The lowest BCUT2D eigenvalue weighted by Gasteiger charge is -2.20. The highest BCUT2D eigenvalue weighted by molar-refractivity contribution is 5.89. The number of rotatable bonds is 7. The maximum absolute atomic E-state index is 11.7. The predicted octanol–water partition coefficient (Wildman–Crippen LogP) is 2.18. The summed E-state index contributed by atoms with van der Waals surface area (Å²) in [6.07, 6.45) is 2.76. The fourth-order valence-electron chi connectivity index (χ4n) is 2.00. The van der Waals surface area contributed by atoms with Crippen LogP contribution >= 0.6 is 0 Å². The average molecular weight is 351 g/mol. The lowest BCUT2D eigenvalue weighted by Crippen LogP contribution is -2.42. The first-order valence-corrected chi connectivity index (χ1v) is 7.66. The molecule has 0 spiro atoms. The van der Waals surface area contributed by atoms with E-state index in [9.17, 15) is 9.59 Å². The van der Waals surface area contributed by atoms with Crippen molar-refractivity contribution in [3.05, 3.63) is 23.8 Å². The second-order valence-corrected chi connectivity index (χ2v) is 6.20. The molecule has 1 N–H and O–H groups in total. The third kappa shape index (κ3) is 6.74. The summed E-state index contributed by atoms with van der Waals surface area (Å²) in [6, 6.07) is 3.38. The molecule has 0 aromatic heterocycles. The third-order valence-corrected chi connectivity index (χ3v) is 2.96. The van der Waals surface area contributed by atoms with Crippen molar-refractivity contribution in [3.8, 4) is 17.2 Å². The Balaban J connectivity index is 2.75. The number of esters is 1. The van der Waals surface area contributed by atoms with Gasteiger partial charge in [0, 0.05) is 11.6 Å². The summed E-state index contributed by atoms with van der Waals surface area (Å²) in [7, 11) is 4.52. The molecule has 25 heavy (non-hydrogen) atoms. The van der Waals surface area contributed by atoms with Crippen LogP contribution in [0.15, 0.2) is 18.2 Å². The molecule has 7 nitrogen and oxygen atoms in total. The predicted molar refractivity (Wildman–Crippen MR) is 94.0 cm³/mol. The van der Waals surface area contributed by atoms with Gasteiger partial charge in [-0.3, -0.25) is 4.79 Å². The molecule has 1 rings (SSSR count). The van der Waals surface area contributed by atoms with E-state index in [-0.39, 0.29) is 18.1 Å². The SMILES string of the molecule is COc1cc(C=CC(=O)OCC(=O)NC(C)(C)C)cc(OC)c1OC. The van der Waals surface area contributed by atoms with Crippen LogP contribution in [0.25, 0.3) is 6.08 Å². The molecule has 0 unspecified atom stereocenters. The number of carbonyl (C=O) groups is 2. The van der Waals surface area contributed by atoms with Gasteiger partial charge in [0.15, 0.2) is 18.1 Å². The van der Waals surface area contributed by atoms with E-state index in [1.54, 1.807) is 12.1 Å². The van der Waals surface area contributed by atoms with Gasteiger partial charge < -0.3 is 24.3 Å². The summed E-state index contributed by atoms with van der Waals surface area (Å²) < 4.78 is 20.6. The summed E-state index contributed by atoms with van der Waals surface area (Å²) in [5.74, 6) is 0.419. The standard InChI is InChI=1S/C18H25NO6/c1-18(2,3)19-15(20)11-25-16(21)8-7-12-9-13(22-4)17(24-6)14(10-12)23-5/h7-10H,11H2,1-6H3,(H,19,20).